The summed E-state index contributed by atoms with van der Waals surface area (Å²) in [5.41, 5.74) is 0. The number of unbranched alkanes of at least 4 members (excludes halogenated alkanes) is 9. The van der Waals surface area contributed by atoms with Crippen molar-refractivity contribution in [2.45, 2.75) is 124 Å². The lowest BCUT2D eigenvalue weighted by Crippen LogP contribution is -2.06. The molecule has 0 saturated heterocycles. The molecule has 2 radical (unpaired) electrons. The quantitative estimate of drug-likeness (QED) is 0.158. The Kier molecular flexibility index (Phi) is 19.3. The predicted molar refractivity (Wildman–Crippen MR) is 121 cm³/mol. The van der Waals surface area contributed by atoms with E-state index in [-0.39, 0.29) is 0 Å². The Labute approximate surface area is 167 Å². The van der Waals surface area contributed by atoms with Crippen molar-refractivity contribution in [3.05, 3.63) is 26.0 Å². The molecule has 154 valence electrons. The molecule has 0 fully saturated rings. The average molecular weight is 363 g/mol. The van der Waals surface area contributed by atoms with Gasteiger partial charge in [-0.25, -0.2) is 0 Å². The molecule has 0 aliphatic rings. The van der Waals surface area contributed by atoms with Gasteiger partial charge in [0.1, 0.15) is 0 Å². The van der Waals surface area contributed by atoms with E-state index in [0.717, 1.165) is 30.6 Å². The van der Waals surface area contributed by atoms with E-state index in [1.54, 1.807) is 0 Å². The summed E-state index contributed by atoms with van der Waals surface area (Å²) in [5, 5.41) is 0. The highest BCUT2D eigenvalue weighted by Crippen LogP contribution is 2.22. The summed E-state index contributed by atoms with van der Waals surface area (Å²) < 4.78 is 0. The Morgan fingerprint density at radius 3 is 1.65 bits per heavy atom. The Hall–Kier alpha value is -0.260. The summed E-state index contributed by atoms with van der Waals surface area (Å²) in [4.78, 5) is 0. The Morgan fingerprint density at radius 1 is 0.577 bits per heavy atom. The number of rotatable bonds is 19. The van der Waals surface area contributed by atoms with Gasteiger partial charge in [-0.1, -0.05) is 124 Å². The van der Waals surface area contributed by atoms with Gasteiger partial charge in [-0.15, -0.1) is 0 Å². The van der Waals surface area contributed by atoms with Crippen molar-refractivity contribution in [1.82, 2.24) is 0 Å². The van der Waals surface area contributed by atoms with Crippen LogP contribution in [0.25, 0.3) is 0 Å². The molecule has 0 rings (SSSR count). The molecule has 0 aromatic carbocycles. The molecule has 0 aliphatic heterocycles. The van der Waals surface area contributed by atoms with Gasteiger partial charge in [0.05, 0.1) is 0 Å². The van der Waals surface area contributed by atoms with E-state index in [4.69, 9.17) is 0 Å². The van der Waals surface area contributed by atoms with Crippen molar-refractivity contribution < 1.29 is 0 Å². The molecule has 26 heavy (non-hydrogen) atoms. The first-order valence-electron chi connectivity index (χ1n) is 11.8. The van der Waals surface area contributed by atoms with Crippen LogP contribution in [-0.4, -0.2) is 0 Å². The third-order valence-corrected chi connectivity index (χ3v) is 6.14. The van der Waals surface area contributed by atoms with Crippen LogP contribution in [0.5, 0.6) is 0 Å². The summed E-state index contributed by atoms with van der Waals surface area (Å²) in [5.74, 6) is 2.57. The SMILES string of the molecule is [CH2]CCCCCC=CCCCCC(C)CCCCCCC(C)C(C)C[CH2]. The van der Waals surface area contributed by atoms with E-state index in [0.29, 0.717) is 0 Å². The molecule has 0 aromatic heterocycles. The van der Waals surface area contributed by atoms with E-state index in [9.17, 15) is 0 Å². The molecule has 0 spiro atoms. The second kappa shape index (κ2) is 19.5. The van der Waals surface area contributed by atoms with Crippen molar-refractivity contribution in [2.24, 2.45) is 17.8 Å². The topological polar surface area (TPSA) is 0 Å². The monoisotopic (exact) mass is 362 g/mol. The largest absolute Gasteiger partial charge is 0.0885 e. The van der Waals surface area contributed by atoms with Gasteiger partial charge in [-0.2, -0.15) is 0 Å². The van der Waals surface area contributed by atoms with E-state index in [1.165, 1.54) is 89.9 Å². The number of hydrogen-bond acceptors (Lipinski definition) is 0. The van der Waals surface area contributed by atoms with Crippen LogP contribution in [-0.2, 0) is 0 Å². The van der Waals surface area contributed by atoms with Crippen LogP contribution in [0.3, 0.4) is 0 Å². The molecular formula is C26H50. The Balaban J connectivity index is 3.34. The molecule has 3 unspecified atom stereocenters. The zero-order chi connectivity index (χ0) is 19.5. The molecule has 0 amide bonds. The summed E-state index contributed by atoms with van der Waals surface area (Å²) in [7, 11) is 0. The van der Waals surface area contributed by atoms with Crippen LogP contribution in [0.4, 0.5) is 0 Å². The lowest BCUT2D eigenvalue weighted by Gasteiger charge is -2.17. The van der Waals surface area contributed by atoms with E-state index in [2.05, 4.69) is 46.8 Å². The minimum atomic E-state index is 0.795. The molecule has 0 bridgehead atoms. The minimum absolute atomic E-state index is 0.795. The fourth-order valence-electron chi connectivity index (χ4n) is 3.63. The lowest BCUT2D eigenvalue weighted by atomic mass is 9.88. The summed E-state index contributed by atoms with van der Waals surface area (Å²) >= 11 is 0. The van der Waals surface area contributed by atoms with Gasteiger partial charge in [0.2, 0.25) is 0 Å². The smallest absolute Gasteiger partial charge is 0.0351 e. The van der Waals surface area contributed by atoms with Crippen LogP contribution >= 0.6 is 0 Å². The van der Waals surface area contributed by atoms with Crippen molar-refractivity contribution in [1.29, 1.82) is 0 Å². The van der Waals surface area contributed by atoms with Crippen LogP contribution in [0, 0.1) is 31.6 Å². The second-order valence-electron chi connectivity index (χ2n) is 8.80. The molecule has 0 heterocycles. The van der Waals surface area contributed by atoms with Gasteiger partial charge in [-0.05, 0) is 43.4 Å². The van der Waals surface area contributed by atoms with Crippen LogP contribution in [0.2, 0.25) is 0 Å². The van der Waals surface area contributed by atoms with E-state index < -0.39 is 0 Å². The lowest BCUT2D eigenvalue weighted by molar-refractivity contribution is 0.350. The van der Waals surface area contributed by atoms with Gasteiger partial charge < -0.3 is 0 Å². The van der Waals surface area contributed by atoms with Gasteiger partial charge in [0, 0.05) is 0 Å². The average Bonchev–Trinajstić information content (AvgIpc) is 2.65. The Morgan fingerprint density at radius 2 is 1.08 bits per heavy atom. The number of hydrogen-bond donors (Lipinski definition) is 0. The molecule has 0 saturated carbocycles. The molecule has 0 nitrogen and oxygen atoms in total. The van der Waals surface area contributed by atoms with E-state index in [1.807, 2.05) is 0 Å². The fourth-order valence-corrected chi connectivity index (χ4v) is 3.63. The van der Waals surface area contributed by atoms with Gasteiger partial charge in [0.25, 0.3) is 0 Å². The fraction of sp³-hybridized carbons (Fsp3) is 0.846. The molecule has 0 heteroatoms. The summed E-state index contributed by atoms with van der Waals surface area (Å²) in [6, 6.07) is 0. The van der Waals surface area contributed by atoms with Crippen LogP contribution < -0.4 is 0 Å². The highest BCUT2D eigenvalue weighted by Gasteiger charge is 2.09. The van der Waals surface area contributed by atoms with E-state index >= 15 is 0 Å². The maximum absolute atomic E-state index is 4.04. The molecular weight excluding hydrogens is 312 g/mol. The van der Waals surface area contributed by atoms with Gasteiger partial charge >= 0.3 is 0 Å². The third-order valence-electron chi connectivity index (χ3n) is 6.14. The van der Waals surface area contributed by atoms with Gasteiger partial charge in [0.15, 0.2) is 0 Å². The minimum Gasteiger partial charge on any atom is -0.0885 e. The second-order valence-corrected chi connectivity index (χ2v) is 8.80. The molecule has 0 N–H and O–H groups in total. The highest BCUT2D eigenvalue weighted by molar-refractivity contribution is 4.81. The standard InChI is InChI=1S/C26H50/c1-6-8-9-10-11-12-13-14-15-18-21-24(3)22-19-16-17-20-23-26(5)25(4)7-2/h12-13,24-26H,1-2,6-11,14-23H2,3-5H3. The Bertz CT molecular complexity index is 290. The van der Waals surface area contributed by atoms with Crippen LogP contribution in [0.15, 0.2) is 12.2 Å². The van der Waals surface area contributed by atoms with Crippen molar-refractivity contribution in [2.75, 3.05) is 0 Å². The molecule has 0 aliphatic carbocycles. The third kappa shape index (κ3) is 17.2. The highest BCUT2D eigenvalue weighted by atomic mass is 14.1. The van der Waals surface area contributed by atoms with Gasteiger partial charge in [-0.3, -0.25) is 0 Å². The zero-order valence-electron chi connectivity index (χ0n) is 18.6. The first kappa shape index (κ1) is 25.7. The maximum Gasteiger partial charge on any atom is -0.0351 e. The van der Waals surface area contributed by atoms with Crippen molar-refractivity contribution in [3.63, 3.8) is 0 Å². The molecule has 0 aromatic rings. The van der Waals surface area contributed by atoms with Crippen molar-refractivity contribution >= 4 is 0 Å². The summed E-state index contributed by atoms with van der Waals surface area (Å²) in [6.07, 6.45) is 26.3. The maximum atomic E-state index is 4.04. The normalized spacial score (nSPS) is 15.4. The predicted octanol–water partition coefficient (Wildman–Crippen LogP) is 9.36. The zero-order valence-corrected chi connectivity index (χ0v) is 18.6. The van der Waals surface area contributed by atoms with Crippen LogP contribution in [0.1, 0.15) is 124 Å². The molecule has 3 atom stereocenters. The summed E-state index contributed by atoms with van der Waals surface area (Å²) in [6.45, 7) is 15.1. The van der Waals surface area contributed by atoms with Crippen molar-refractivity contribution in [3.8, 4) is 0 Å². The first-order valence-corrected chi connectivity index (χ1v) is 11.8. The number of allylic oxidation sites excluding steroid dienone is 2. The first-order chi connectivity index (χ1) is 12.6.